The molecule has 1 aliphatic heterocycles. The van der Waals surface area contributed by atoms with E-state index in [2.05, 4.69) is 26.1 Å². The molecule has 1 aromatic rings. The van der Waals surface area contributed by atoms with Crippen LogP contribution in [0.2, 0.25) is 0 Å². The Kier molecular flexibility index (Phi) is 4.91. The second-order valence-electron chi connectivity index (χ2n) is 8.37. The number of hydrogen-bond donors (Lipinski definition) is 1. The van der Waals surface area contributed by atoms with Crippen LogP contribution < -0.4 is 5.32 Å². The summed E-state index contributed by atoms with van der Waals surface area (Å²) in [5.74, 6) is -0.540. The summed E-state index contributed by atoms with van der Waals surface area (Å²) in [6.45, 7) is 12.7. The van der Waals surface area contributed by atoms with E-state index in [1.165, 1.54) is 0 Å². The molecule has 2 heterocycles. The summed E-state index contributed by atoms with van der Waals surface area (Å²) >= 11 is 1.56. The van der Waals surface area contributed by atoms with Gasteiger partial charge in [-0.1, -0.05) is 34.6 Å². The van der Waals surface area contributed by atoms with Crippen molar-refractivity contribution in [3.05, 3.63) is 21.4 Å². The first-order valence-corrected chi connectivity index (χ1v) is 8.98. The van der Waals surface area contributed by atoms with Gasteiger partial charge in [0, 0.05) is 16.8 Å². The molecule has 3 amide bonds. The molecule has 1 atom stereocenters. The summed E-state index contributed by atoms with van der Waals surface area (Å²) in [7, 11) is 0. The molecule has 132 valence electrons. The standard InChI is InChI=1S/C18H26N2O3S/c1-11-12-7-20(16(23)13(12)8-24-11)14(15(22)19-10-21)18(5,6)9-17(2,3)4/h8,10,14H,7,9H2,1-6H3,(H,19,21,22). The molecule has 24 heavy (non-hydrogen) atoms. The summed E-state index contributed by atoms with van der Waals surface area (Å²) in [5.41, 5.74) is 1.21. The first-order valence-electron chi connectivity index (χ1n) is 8.10. The molecule has 0 aliphatic carbocycles. The van der Waals surface area contributed by atoms with Gasteiger partial charge < -0.3 is 4.90 Å². The Morgan fingerprint density at radius 1 is 1.38 bits per heavy atom. The van der Waals surface area contributed by atoms with Crippen molar-refractivity contribution >= 4 is 29.6 Å². The second kappa shape index (κ2) is 6.31. The number of imide groups is 1. The SMILES string of the molecule is Cc1scc2c1CN(C(C(=O)NC=O)C(C)(C)CC(C)(C)C)C2=O. The number of aryl methyl sites for hydroxylation is 1. The number of carbonyl (C=O) groups excluding carboxylic acids is 3. The highest BCUT2D eigenvalue weighted by molar-refractivity contribution is 7.10. The van der Waals surface area contributed by atoms with Crippen molar-refractivity contribution in [2.24, 2.45) is 10.8 Å². The van der Waals surface area contributed by atoms with Gasteiger partial charge in [0.1, 0.15) is 6.04 Å². The summed E-state index contributed by atoms with van der Waals surface area (Å²) < 4.78 is 0. The Bertz CT molecular complexity index is 670. The fourth-order valence-electron chi connectivity index (χ4n) is 3.98. The molecule has 1 unspecified atom stereocenters. The van der Waals surface area contributed by atoms with E-state index < -0.39 is 17.4 Å². The van der Waals surface area contributed by atoms with E-state index in [0.717, 1.165) is 16.9 Å². The summed E-state index contributed by atoms with van der Waals surface area (Å²) in [5, 5.41) is 4.12. The summed E-state index contributed by atoms with van der Waals surface area (Å²) in [6.07, 6.45) is 1.13. The average Bonchev–Trinajstić information content (AvgIpc) is 2.90. The Labute approximate surface area is 147 Å². The van der Waals surface area contributed by atoms with Gasteiger partial charge in [-0.3, -0.25) is 19.7 Å². The molecule has 2 rings (SSSR count). The van der Waals surface area contributed by atoms with Crippen LogP contribution in [0.15, 0.2) is 5.38 Å². The van der Waals surface area contributed by atoms with Gasteiger partial charge in [-0.2, -0.15) is 0 Å². The van der Waals surface area contributed by atoms with Crippen molar-refractivity contribution in [1.82, 2.24) is 10.2 Å². The maximum atomic E-state index is 12.8. The zero-order chi connectivity index (χ0) is 18.3. The van der Waals surface area contributed by atoms with Crippen molar-refractivity contribution in [2.75, 3.05) is 0 Å². The molecule has 6 heteroatoms. The lowest BCUT2D eigenvalue weighted by atomic mass is 9.71. The van der Waals surface area contributed by atoms with E-state index in [1.807, 2.05) is 26.2 Å². The molecule has 1 aliphatic rings. The van der Waals surface area contributed by atoms with Crippen LogP contribution in [0.25, 0.3) is 0 Å². The summed E-state index contributed by atoms with van der Waals surface area (Å²) in [4.78, 5) is 39.0. The zero-order valence-electron chi connectivity index (χ0n) is 15.2. The van der Waals surface area contributed by atoms with Crippen molar-refractivity contribution in [1.29, 1.82) is 0 Å². The lowest BCUT2D eigenvalue weighted by Gasteiger charge is -2.42. The molecule has 0 aromatic carbocycles. The third kappa shape index (κ3) is 3.53. The van der Waals surface area contributed by atoms with E-state index in [-0.39, 0.29) is 11.3 Å². The predicted octanol–water partition coefficient (Wildman–Crippen LogP) is 3.12. The van der Waals surface area contributed by atoms with Gasteiger partial charge in [-0.05, 0) is 29.7 Å². The third-order valence-electron chi connectivity index (χ3n) is 4.41. The predicted molar refractivity (Wildman–Crippen MR) is 94.8 cm³/mol. The Hall–Kier alpha value is -1.69. The fourth-order valence-corrected chi connectivity index (χ4v) is 4.83. The number of carbonyl (C=O) groups is 3. The van der Waals surface area contributed by atoms with Gasteiger partial charge in [0.25, 0.3) is 5.91 Å². The normalized spacial score (nSPS) is 16.1. The Morgan fingerprint density at radius 3 is 2.50 bits per heavy atom. The van der Waals surface area contributed by atoms with Gasteiger partial charge in [-0.25, -0.2) is 0 Å². The highest BCUT2D eigenvalue weighted by Crippen LogP contribution is 2.41. The molecule has 0 bridgehead atoms. The minimum Gasteiger partial charge on any atom is -0.322 e. The minimum absolute atomic E-state index is 0.00778. The Balaban J connectivity index is 2.39. The molecule has 0 spiro atoms. The Morgan fingerprint density at radius 2 is 2.00 bits per heavy atom. The van der Waals surface area contributed by atoms with E-state index in [9.17, 15) is 14.4 Å². The van der Waals surface area contributed by atoms with Crippen molar-refractivity contribution in [3.63, 3.8) is 0 Å². The monoisotopic (exact) mass is 350 g/mol. The van der Waals surface area contributed by atoms with E-state index in [1.54, 1.807) is 16.2 Å². The molecule has 0 saturated carbocycles. The zero-order valence-corrected chi connectivity index (χ0v) is 16.0. The lowest BCUT2D eigenvalue weighted by Crippen LogP contribution is -2.55. The third-order valence-corrected chi connectivity index (χ3v) is 5.36. The number of thiophene rings is 1. The largest absolute Gasteiger partial charge is 0.322 e. The highest BCUT2D eigenvalue weighted by atomic mass is 32.1. The van der Waals surface area contributed by atoms with Crippen molar-refractivity contribution < 1.29 is 14.4 Å². The maximum absolute atomic E-state index is 12.8. The van der Waals surface area contributed by atoms with Gasteiger partial charge in [0.2, 0.25) is 12.3 Å². The summed E-state index contributed by atoms with van der Waals surface area (Å²) in [6, 6.07) is -0.689. The lowest BCUT2D eigenvalue weighted by molar-refractivity contribution is -0.133. The van der Waals surface area contributed by atoms with Crippen LogP contribution >= 0.6 is 11.3 Å². The van der Waals surface area contributed by atoms with Gasteiger partial charge >= 0.3 is 0 Å². The molecular weight excluding hydrogens is 324 g/mol. The van der Waals surface area contributed by atoms with Gasteiger partial charge in [0.05, 0.1) is 5.56 Å². The van der Waals surface area contributed by atoms with E-state index in [4.69, 9.17) is 0 Å². The molecule has 0 radical (unpaired) electrons. The highest BCUT2D eigenvalue weighted by Gasteiger charge is 2.46. The van der Waals surface area contributed by atoms with Gasteiger partial charge in [0.15, 0.2) is 0 Å². The molecule has 0 fully saturated rings. The number of fused-ring (bicyclic) bond motifs is 1. The number of nitrogens with zero attached hydrogens (tertiary/aromatic N) is 1. The van der Waals surface area contributed by atoms with Crippen LogP contribution in [0.1, 0.15) is 61.8 Å². The van der Waals surface area contributed by atoms with Crippen LogP contribution in [-0.2, 0) is 16.1 Å². The van der Waals surface area contributed by atoms with E-state index in [0.29, 0.717) is 18.5 Å². The van der Waals surface area contributed by atoms with Crippen molar-refractivity contribution in [3.8, 4) is 0 Å². The van der Waals surface area contributed by atoms with Crippen LogP contribution in [0, 0.1) is 17.8 Å². The van der Waals surface area contributed by atoms with Crippen LogP contribution in [0.3, 0.4) is 0 Å². The minimum atomic E-state index is -0.689. The smallest absolute Gasteiger partial charge is 0.256 e. The first-order chi connectivity index (χ1) is 11.0. The molecule has 1 aromatic heterocycles. The number of hydrogen-bond acceptors (Lipinski definition) is 4. The van der Waals surface area contributed by atoms with Crippen LogP contribution in [0.4, 0.5) is 0 Å². The number of amides is 3. The number of nitrogens with one attached hydrogen (secondary N) is 1. The molecule has 0 saturated heterocycles. The first kappa shape index (κ1) is 18.6. The topological polar surface area (TPSA) is 66.5 Å². The van der Waals surface area contributed by atoms with Crippen LogP contribution in [-0.4, -0.2) is 29.2 Å². The number of rotatable bonds is 5. The average molecular weight is 350 g/mol. The van der Waals surface area contributed by atoms with Crippen LogP contribution in [0.5, 0.6) is 0 Å². The molecule has 1 N–H and O–H groups in total. The fraction of sp³-hybridized carbons (Fsp3) is 0.611. The molecule has 5 nitrogen and oxygen atoms in total. The second-order valence-corrected chi connectivity index (χ2v) is 9.46. The van der Waals surface area contributed by atoms with E-state index >= 15 is 0 Å². The quantitative estimate of drug-likeness (QED) is 0.830. The van der Waals surface area contributed by atoms with Gasteiger partial charge in [-0.15, -0.1) is 11.3 Å². The molecular formula is C18H26N2O3S. The maximum Gasteiger partial charge on any atom is 0.256 e. The van der Waals surface area contributed by atoms with Crippen molar-refractivity contribution in [2.45, 2.75) is 60.5 Å².